The Hall–Kier alpha value is -2.36. The molecule has 0 amide bonds. The van der Waals surface area contributed by atoms with E-state index in [1.807, 2.05) is 6.07 Å². The Morgan fingerprint density at radius 3 is 2.86 bits per heavy atom. The lowest BCUT2D eigenvalue weighted by atomic mass is 9.94. The van der Waals surface area contributed by atoms with Crippen LogP contribution in [0.15, 0.2) is 6.07 Å². The van der Waals surface area contributed by atoms with E-state index in [9.17, 15) is 15.2 Å². The van der Waals surface area contributed by atoms with Gasteiger partial charge in [-0.15, -0.1) is 0 Å². The monoisotopic (exact) mass is 396 g/mol. The van der Waals surface area contributed by atoms with Crippen LogP contribution in [0.1, 0.15) is 73.1 Å². The van der Waals surface area contributed by atoms with E-state index in [1.165, 1.54) is 6.42 Å². The Morgan fingerprint density at radius 2 is 2.24 bits per heavy atom. The molecule has 1 aliphatic heterocycles. The molecule has 1 aromatic carbocycles. The predicted molar refractivity (Wildman–Crippen MR) is 109 cm³/mol. The molecule has 2 aromatic rings. The molecule has 4 rings (SSSR count). The van der Waals surface area contributed by atoms with Gasteiger partial charge in [0.25, 0.3) is 0 Å². The van der Waals surface area contributed by atoms with Crippen molar-refractivity contribution in [3.63, 3.8) is 0 Å². The number of nitrogens with zero attached hydrogens (tertiary/aromatic N) is 2. The average molecular weight is 396 g/mol. The number of benzene rings is 1. The first kappa shape index (κ1) is 19.9. The zero-order chi connectivity index (χ0) is 20.5. The van der Waals surface area contributed by atoms with Crippen LogP contribution in [0.3, 0.4) is 0 Å². The van der Waals surface area contributed by atoms with Crippen molar-refractivity contribution in [3.05, 3.63) is 34.0 Å². The number of hydrogen-bond donors (Lipinski definition) is 1. The molecule has 1 aliphatic carbocycles. The van der Waals surface area contributed by atoms with Crippen LogP contribution < -0.4 is 0 Å². The molecule has 0 radical (unpaired) electrons. The molecule has 1 unspecified atom stereocenters. The Morgan fingerprint density at radius 1 is 1.45 bits per heavy atom. The van der Waals surface area contributed by atoms with Crippen molar-refractivity contribution in [2.75, 3.05) is 6.61 Å². The van der Waals surface area contributed by atoms with Crippen molar-refractivity contribution in [1.82, 2.24) is 4.57 Å². The fraction of sp³-hybridized carbons (Fsp3) is 0.565. The van der Waals surface area contributed by atoms with Crippen molar-refractivity contribution in [2.45, 2.75) is 77.7 Å². The first-order valence-corrected chi connectivity index (χ1v) is 10.6. The molecule has 6 nitrogen and oxygen atoms in total. The Kier molecular flexibility index (Phi) is 5.62. The van der Waals surface area contributed by atoms with Crippen LogP contribution in [0.2, 0.25) is 0 Å². The van der Waals surface area contributed by atoms with Gasteiger partial charge < -0.3 is 19.1 Å². The van der Waals surface area contributed by atoms with E-state index in [1.54, 1.807) is 0 Å². The molecule has 6 heteroatoms. The number of aryl methyl sites for hydroxylation is 2. The van der Waals surface area contributed by atoms with E-state index in [0.29, 0.717) is 31.3 Å². The van der Waals surface area contributed by atoms with Gasteiger partial charge in [-0.1, -0.05) is 6.92 Å². The predicted octanol–water partition coefficient (Wildman–Crippen LogP) is 4.39. The van der Waals surface area contributed by atoms with Crippen LogP contribution >= 0.6 is 0 Å². The minimum atomic E-state index is -0.872. The van der Waals surface area contributed by atoms with Crippen LogP contribution in [0.4, 0.5) is 0 Å². The lowest BCUT2D eigenvalue weighted by Gasteiger charge is -2.26. The van der Waals surface area contributed by atoms with Gasteiger partial charge in [-0.3, -0.25) is 4.79 Å². The molecule has 0 spiro atoms. The summed E-state index contributed by atoms with van der Waals surface area (Å²) < 4.78 is 14.1. The highest BCUT2D eigenvalue weighted by Crippen LogP contribution is 2.41. The van der Waals surface area contributed by atoms with E-state index in [0.717, 1.165) is 59.1 Å². The molecule has 1 saturated carbocycles. The Bertz CT molecular complexity index is 981. The summed E-state index contributed by atoms with van der Waals surface area (Å²) in [7, 11) is 0. The Labute approximate surface area is 171 Å². The fourth-order valence-electron chi connectivity index (χ4n) is 4.63. The number of hydrogen-bond acceptors (Lipinski definition) is 4. The smallest absolute Gasteiger partial charge is 0.306 e. The van der Waals surface area contributed by atoms with E-state index >= 15 is 0 Å². The first-order valence-electron chi connectivity index (χ1n) is 10.6. The number of ether oxygens (including phenoxy) is 2. The molecule has 1 aromatic heterocycles. The third-order valence-electron chi connectivity index (χ3n) is 6.26. The molecule has 29 heavy (non-hydrogen) atoms. The molecular formula is C23H28N2O4. The zero-order valence-corrected chi connectivity index (χ0v) is 17.2. The molecular weight excluding hydrogens is 368 g/mol. The van der Waals surface area contributed by atoms with Gasteiger partial charge in [-0.2, -0.15) is 5.26 Å². The van der Waals surface area contributed by atoms with E-state index in [-0.39, 0.29) is 6.42 Å². The van der Waals surface area contributed by atoms with Crippen LogP contribution in [-0.2, 0) is 33.8 Å². The fourth-order valence-corrected chi connectivity index (χ4v) is 4.63. The van der Waals surface area contributed by atoms with Gasteiger partial charge >= 0.3 is 5.97 Å². The standard InChI is InChI=1S/C23H28N2O4/c1-3-8-25-22-14(2)16(13-29-17-5-4-6-17)10-15(12-24)21(22)18-7-9-28-19(23(18)25)11-20(26)27/h10,17,19H,3-9,11,13H2,1-2H3,(H,26,27). The third kappa shape index (κ3) is 3.54. The maximum absolute atomic E-state index is 11.4. The normalized spacial score (nSPS) is 19.0. The third-order valence-corrected chi connectivity index (χ3v) is 6.26. The number of carboxylic acid groups (broad SMARTS) is 1. The number of carboxylic acids is 1. The number of nitriles is 1. The number of carbonyl (C=O) groups is 1. The summed E-state index contributed by atoms with van der Waals surface area (Å²) in [6.07, 6.45) is 4.86. The van der Waals surface area contributed by atoms with E-state index < -0.39 is 12.1 Å². The highest BCUT2D eigenvalue weighted by molar-refractivity contribution is 5.94. The summed E-state index contributed by atoms with van der Waals surface area (Å²) in [6, 6.07) is 4.36. The molecule has 2 heterocycles. The molecule has 2 aliphatic rings. The average Bonchev–Trinajstić information content (AvgIpc) is 2.98. The molecule has 1 fully saturated rings. The number of fused-ring (bicyclic) bond motifs is 3. The maximum Gasteiger partial charge on any atom is 0.306 e. The second-order valence-corrected chi connectivity index (χ2v) is 8.13. The number of rotatable bonds is 7. The van der Waals surface area contributed by atoms with Crippen molar-refractivity contribution in [3.8, 4) is 6.07 Å². The van der Waals surface area contributed by atoms with Crippen LogP contribution in [0.5, 0.6) is 0 Å². The quantitative estimate of drug-likeness (QED) is 0.750. The van der Waals surface area contributed by atoms with E-state index in [2.05, 4.69) is 24.5 Å². The number of aromatic nitrogens is 1. The highest BCUT2D eigenvalue weighted by Gasteiger charge is 2.32. The topological polar surface area (TPSA) is 84.5 Å². The Balaban J connectivity index is 1.89. The van der Waals surface area contributed by atoms with Gasteiger partial charge in [0, 0.05) is 11.9 Å². The van der Waals surface area contributed by atoms with Gasteiger partial charge in [0.1, 0.15) is 6.10 Å². The molecule has 0 saturated heterocycles. The van der Waals surface area contributed by atoms with E-state index in [4.69, 9.17) is 9.47 Å². The molecule has 154 valence electrons. The summed E-state index contributed by atoms with van der Waals surface area (Å²) in [5, 5.41) is 20.3. The minimum absolute atomic E-state index is 0.0639. The summed E-state index contributed by atoms with van der Waals surface area (Å²) >= 11 is 0. The van der Waals surface area contributed by atoms with Crippen LogP contribution in [0, 0.1) is 18.3 Å². The zero-order valence-electron chi connectivity index (χ0n) is 17.2. The molecule has 1 N–H and O–H groups in total. The summed E-state index contributed by atoms with van der Waals surface area (Å²) in [6.45, 7) is 5.96. The summed E-state index contributed by atoms with van der Waals surface area (Å²) in [5.74, 6) is -0.872. The van der Waals surface area contributed by atoms with Crippen molar-refractivity contribution in [1.29, 1.82) is 5.26 Å². The van der Waals surface area contributed by atoms with Gasteiger partial charge in [0.15, 0.2) is 0 Å². The molecule has 0 bridgehead atoms. The first-order chi connectivity index (χ1) is 14.0. The lowest BCUT2D eigenvalue weighted by molar-refractivity contribution is -0.140. The number of aliphatic carboxylic acids is 1. The minimum Gasteiger partial charge on any atom is -0.481 e. The summed E-state index contributed by atoms with van der Waals surface area (Å²) in [4.78, 5) is 11.4. The lowest BCUT2D eigenvalue weighted by Crippen LogP contribution is -2.22. The van der Waals surface area contributed by atoms with Gasteiger partial charge in [-0.25, -0.2) is 0 Å². The second kappa shape index (κ2) is 8.17. The largest absolute Gasteiger partial charge is 0.481 e. The SMILES string of the molecule is CCCn1c2c(c3c(C#N)cc(COC4CCC4)c(C)c31)CCOC2CC(=O)O. The summed E-state index contributed by atoms with van der Waals surface area (Å²) in [5.41, 5.74) is 5.88. The highest BCUT2D eigenvalue weighted by atomic mass is 16.5. The van der Waals surface area contributed by atoms with Crippen molar-refractivity contribution >= 4 is 16.9 Å². The van der Waals surface area contributed by atoms with Gasteiger partial charge in [-0.05, 0) is 61.8 Å². The maximum atomic E-state index is 11.4. The van der Waals surface area contributed by atoms with Crippen molar-refractivity contribution < 1.29 is 19.4 Å². The van der Waals surface area contributed by atoms with Crippen LogP contribution in [-0.4, -0.2) is 28.4 Å². The van der Waals surface area contributed by atoms with Crippen molar-refractivity contribution in [2.24, 2.45) is 0 Å². The molecule has 1 atom stereocenters. The van der Waals surface area contributed by atoms with Gasteiger partial charge in [0.2, 0.25) is 0 Å². The second-order valence-electron chi connectivity index (χ2n) is 8.13. The van der Waals surface area contributed by atoms with Crippen LogP contribution in [0.25, 0.3) is 10.9 Å². The van der Waals surface area contributed by atoms with Gasteiger partial charge in [0.05, 0.1) is 48.6 Å².